The molecule has 1 aliphatic heterocycles. The molecule has 1 amide bonds. The number of halogens is 6. The number of carbonyl (C=O) groups is 1. The van der Waals surface area contributed by atoms with E-state index in [-0.39, 0.29) is 31.2 Å². The van der Waals surface area contributed by atoms with Gasteiger partial charge in [0.2, 0.25) is 5.60 Å². The van der Waals surface area contributed by atoms with Crippen LogP contribution in [0.5, 0.6) is 0 Å². The number of nitrogen functional groups attached to an aromatic ring is 1. The van der Waals surface area contributed by atoms with Gasteiger partial charge in [0.1, 0.15) is 5.69 Å². The Morgan fingerprint density at radius 1 is 1.06 bits per heavy atom. The number of hydrogen-bond acceptors (Lipinski definition) is 7. The predicted octanol–water partition coefficient (Wildman–Crippen LogP) is 4.44. The number of anilines is 1. The maximum atomic E-state index is 13.9. The highest BCUT2D eigenvalue weighted by atomic mass is 19.4. The van der Waals surface area contributed by atoms with Crippen molar-refractivity contribution in [3.8, 4) is 11.6 Å². The molecule has 3 heterocycles. The van der Waals surface area contributed by atoms with E-state index in [4.69, 9.17) is 10.2 Å². The normalized spacial score (nSPS) is 30.9. The Hall–Kier alpha value is -2.90. The number of fused-ring (bicyclic) bond motifs is 5. The van der Waals surface area contributed by atoms with Crippen molar-refractivity contribution in [1.29, 1.82) is 0 Å². The fourth-order valence-electron chi connectivity index (χ4n) is 5.96. The molecule has 14 heteroatoms. The molecule has 0 spiro atoms. The van der Waals surface area contributed by atoms with Crippen LogP contribution in [-0.4, -0.2) is 49.4 Å². The maximum absolute atomic E-state index is 13.9. The van der Waals surface area contributed by atoms with Crippen LogP contribution in [0.2, 0.25) is 0 Å². The molecule has 3 aliphatic carbocycles. The van der Waals surface area contributed by atoms with Crippen LogP contribution >= 0.6 is 0 Å². The van der Waals surface area contributed by atoms with Crippen molar-refractivity contribution in [1.82, 2.24) is 20.1 Å². The molecular weight excluding hydrogens is 496 g/mol. The van der Waals surface area contributed by atoms with Gasteiger partial charge in [-0.05, 0) is 50.0 Å². The number of aliphatic hydroxyl groups is 1. The van der Waals surface area contributed by atoms with Crippen LogP contribution < -0.4 is 5.73 Å². The number of amides is 1. The smallest absolute Gasteiger partial charge is 0.416 e. The Morgan fingerprint density at radius 3 is 2.31 bits per heavy atom. The fraction of sp³-hybridized carbons (Fsp3) is 0.636. The van der Waals surface area contributed by atoms with Gasteiger partial charge in [0, 0.05) is 12.1 Å². The molecule has 4 aliphatic rings. The summed E-state index contributed by atoms with van der Waals surface area (Å²) in [5, 5.41) is 17.2. The zero-order valence-electron chi connectivity index (χ0n) is 19.1. The third-order valence-corrected chi connectivity index (χ3v) is 7.52. The van der Waals surface area contributed by atoms with Gasteiger partial charge in [-0.3, -0.25) is 4.79 Å². The van der Waals surface area contributed by atoms with E-state index < -0.39 is 70.2 Å². The number of nitrogens with zero attached hydrogens (tertiary/aromatic N) is 4. The van der Waals surface area contributed by atoms with Gasteiger partial charge < -0.3 is 20.2 Å². The highest BCUT2D eigenvalue weighted by molar-refractivity contribution is 5.96. The van der Waals surface area contributed by atoms with Crippen molar-refractivity contribution in [2.75, 3.05) is 12.3 Å². The molecule has 0 unspecified atom stereocenters. The largest absolute Gasteiger partial charge is 0.426 e. The summed E-state index contributed by atoms with van der Waals surface area (Å²) >= 11 is 0. The topological polar surface area (TPSA) is 118 Å². The molecule has 36 heavy (non-hydrogen) atoms. The van der Waals surface area contributed by atoms with Gasteiger partial charge in [-0.1, -0.05) is 13.3 Å². The second-order valence-electron chi connectivity index (χ2n) is 10.4. The number of carbonyl (C=O) groups excluding carboxylic acids is 1. The zero-order chi connectivity index (χ0) is 26.3. The molecule has 3 N–H and O–H groups in total. The summed E-state index contributed by atoms with van der Waals surface area (Å²) in [7, 11) is 0. The van der Waals surface area contributed by atoms with Crippen molar-refractivity contribution < 1.29 is 40.7 Å². The van der Waals surface area contributed by atoms with E-state index in [0.29, 0.717) is 25.3 Å². The summed E-state index contributed by atoms with van der Waals surface area (Å²) in [5.41, 5.74) is -1.81. The third kappa shape index (κ3) is 3.63. The van der Waals surface area contributed by atoms with Crippen LogP contribution in [0.15, 0.2) is 10.5 Å². The van der Waals surface area contributed by atoms with E-state index >= 15 is 0 Å². The van der Waals surface area contributed by atoms with Crippen LogP contribution in [0.1, 0.15) is 73.8 Å². The molecule has 1 atom stereocenters. The predicted molar refractivity (Wildman–Crippen MR) is 111 cm³/mol. The average Bonchev–Trinajstić information content (AvgIpc) is 3.21. The Morgan fingerprint density at radius 2 is 1.72 bits per heavy atom. The molecule has 196 valence electrons. The van der Waals surface area contributed by atoms with E-state index in [0.717, 1.165) is 0 Å². The maximum Gasteiger partial charge on any atom is 0.426 e. The number of rotatable bonds is 1. The monoisotopic (exact) mass is 519 g/mol. The van der Waals surface area contributed by atoms with E-state index in [1.54, 1.807) is 0 Å². The Labute approximate surface area is 200 Å². The van der Waals surface area contributed by atoms with Crippen molar-refractivity contribution in [3.05, 3.63) is 23.2 Å². The second kappa shape index (κ2) is 7.56. The van der Waals surface area contributed by atoms with Crippen LogP contribution in [-0.2, 0) is 11.8 Å². The average molecular weight is 519 g/mol. The molecule has 2 aromatic rings. The Bertz CT molecular complexity index is 1210. The first kappa shape index (κ1) is 24.8. The fourth-order valence-corrected chi connectivity index (χ4v) is 5.96. The number of pyridine rings is 1. The zero-order valence-corrected chi connectivity index (χ0v) is 19.1. The molecule has 0 radical (unpaired) electrons. The summed E-state index contributed by atoms with van der Waals surface area (Å²) < 4.78 is 88.3. The van der Waals surface area contributed by atoms with Gasteiger partial charge in [0.25, 0.3) is 17.7 Å². The van der Waals surface area contributed by atoms with Gasteiger partial charge in [-0.2, -0.15) is 26.3 Å². The quantitative estimate of drug-likeness (QED) is 0.535. The SMILES string of the molecule is CC12CC(N3CCCCC[C@](O)(C(F)(F)F)c4nnc(o4)-c4nc(c(C(F)(F)F)cc4N)C3=O)(C1)C2. The lowest BCUT2D eigenvalue weighted by Crippen LogP contribution is -2.74. The molecular formula is C22H23F6N5O3. The van der Waals surface area contributed by atoms with Gasteiger partial charge in [-0.15, -0.1) is 10.2 Å². The molecule has 3 saturated carbocycles. The summed E-state index contributed by atoms with van der Waals surface area (Å²) in [5.74, 6) is -2.86. The van der Waals surface area contributed by atoms with Crippen molar-refractivity contribution in [2.45, 2.75) is 75.4 Å². The van der Waals surface area contributed by atoms with Gasteiger partial charge in [0.15, 0.2) is 5.69 Å². The molecule has 0 aromatic carbocycles. The highest BCUT2D eigenvalue weighted by Gasteiger charge is 2.68. The second-order valence-corrected chi connectivity index (χ2v) is 10.4. The molecule has 8 nitrogen and oxygen atoms in total. The summed E-state index contributed by atoms with van der Waals surface area (Å²) in [6.07, 6.45) is -8.79. The van der Waals surface area contributed by atoms with Gasteiger partial charge in [0.05, 0.1) is 11.3 Å². The minimum Gasteiger partial charge on any atom is -0.416 e. The van der Waals surface area contributed by atoms with Crippen LogP contribution in [0, 0.1) is 5.41 Å². The highest BCUT2D eigenvalue weighted by Crippen LogP contribution is 2.69. The van der Waals surface area contributed by atoms with Crippen molar-refractivity contribution in [3.63, 3.8) is 0 Å². The van der Waals surface area contributed by atoms with E-state index in [1.807, 2.05) is 6.92 Å². The number of aromatic nitrogens is 3. The minimum atomic E-state index is -5.17. The molecule has 2 aromatic heterocycles. The lowest BCUT2D eigenvalue weighted by molar-refractivity contribution is -0.277. The molecule has 6 bridgehead atoms. The van der Waals surface area contributed by atoms with E-state index in [9.17, 15) is 36.2 Å². The lowest BCUT2D eigenvalue weighted by Gasteiger charge is -2.73. The first-order valence-electron chi connectivity index (χ1n) is 11.4. The number of alkyl halides is 6. The Kier molecular flexibility index (Phi) is 5.20. The van der Waals surface area contributed by atoms with Crippen LogP contribution in [0.4, 0.5) is 32.0 Å². The van der Waals surface area contributed by atoms with E-state index in [2.05, 4.69) is 15.2 Å². The van der Waals surface area contributed by atoms with Crippen LogP contribution in [0.25, 0.3) is 11.6 Å². The number of nitrogens with two attached hydrogens (primary N) is 1. The van der Waals surface area contributed by atoms with E-state index in [1.165, 1.54) is 4.90 Å². The first-order chi connectivity index (χ1) is 16.6. The summed E-state index contributed by atoms with van der Waals surface area (Å²) in [4.78, 5) is 18.8. The van der Waals surface area contributed by atoms with Crippen LogP contribution in [0.3, 0.4) is 0 Å². The standard InChI is InChI=1S/C22H23F6N5O3/c1-18-8-19(9-18,10-18)33-6-4-2-3-5-20(35,22(26,27)28)17-32-31-15(36-17)14-12(29)7-11(21(23,24)25)13(30-14)16(33)34/h7,35H,2-6,8-10,29H2,1H3/t18?,19?,20-/m1/s1. The van der Waals surface area contributed by atoms with Crippen molar-refractivity contribution in [2.24, 2.45) is 5.41 Å². The summed E-state index contributed by atoms with van der Waals surface area (Å²) in [6, 6.07) is 0.489. The minimum absolute atomic E-state index is 0.0231. The molecule has 3 fully saturated rings. The summed E-state index contributed by atoms with van der Waals surface area (Å²) in [6.45, 7) is 2.06. The molecule has 0 saturated heterocycles. The van der Waals surface area contributed by atoms with Gasteiger partial charge in [-0.25, -0.2) is 4.98 Å². The van der Waals surface area contributed by atoms with Gasteiger partial charge >= 0.3 is 12.4 Å². The Balaban J connectivity index is 1.66. The molecule has 6 rings (SSSR count). The first-order valence-corrected chi connectivity index (χ1v) is 11.4. The number of hydrogen-bond donors (Lipinski definition) is 2. The van der Waals surface area contributed by atoms with Crippen molar-refractivity contribution >= 4 is 11.6 Å². The lowest BCUT2D eigenvalue weighted by atomic mass is 9.39. The third-order valence-electron chi connectivity index (χ3n) is 7.52.